The van der Waals surface area contributed by atoms with Crippen LogP contribution in [0.4, 0.5) is 11.4 Å². The number of primary amides is 1. The summed E-state index contributed by atoms with van der Waals surface area (Å²) in [5.74, 6) is -0.116. The molecule has 7 nitrogen and oxygen atoms in total. The van der Waals surface area contributed by atoms with Crippen molar-refractivity contribution in [3.05, 3.63) is 34.9 Å². The highest BCUT2D eigenvalue weighted by atomic mass is 35.5. The molecule has 8 heteroatoms. The van der Waals surface area contributed by atoms with Gasteiger partial charge in [0.1, 0.15) is 0 Å². The second-order valence-corrected chi connectivity index (χ2v) is 4.21. The van der Waals surface area contributed by atoms with Crippen molar-refractivity contribution in [2.75, 3.05) is 17.6 Å². The molecule has 0 aliphatic heterocycles. The highest BCUT2D eigenvalue weighted by Gasteiger charge is 2.13. The molecule has 0 saturated carbocycles. The molecule has 0 unspecified atom stereocenters. The van der Waals surface area contributed by atoms with E-state index in [4.69, 9.17) is 27.6 Å². The van der Waals surface area contributed by atoms with Gasteiger partial charge >= 0.3 is 0 Å². The largest absolute Gasteiger partial charge is 0.399 e. The van der Waals surface area contributed by atoms with E-state index >= 15 is 0 Å². The monoisotopic (exact) mass is 281 g/mol. The Morgan fingerprint density at radius 1 is 1.47 bits per heavy atom. The first-order valence-corrected chi connectivity index (χ1v) is 5.84. The number of nitrogen functional groups attached to an aromatic ring is 1. The summed E-state index contributed by atoms with van der Waals surface area (Å²) in [7, 11) is 0. The molecule has 0 aliphatic rings. The summed E-state index contributed by atoms with van der Waals surface area (Å²) >= 11 is 6.04. The normalized spacial score (nSPS) is 10.4. The molecular formula is C11H12ClN5O2. The van der Waals surface area contributed by atoms with Crippen molar-refractivity contribution in [3.63, 3.8) is 0 Å². The molecule has 0 saturated heterocycles. The quantitative estimate of drug-likeness (QED) is 0.705. The van der Waals surface area contributed by atoms with Gasteiger partial charge in [0.05, 0.1) is 16.3 Å². The Balaban J connectivity index is 2.12. The maximum atomic E-state index is 11.3. The number of carbonyl (C=O) groups excluding carboxylic acids is 1. The number of amides is 1. The minimum absolute atomic E-state index is 0.246. The molecule has 0 fully saturated rings. The fourth-order valence-corrected chi connectivity index (χ4v) is 1.90. The molecule has 1 aromatic heterocycles. The maximum absolute atomic E-state index is 11.3. The molecule has 1 amide bonds. The first-order valence-electron chi connectivity index (χ1n) is 5.46. The Morgan fingerprint density at radius 2 is 2.26 bits per heavy atom. The predicted octanol–water partition coefficient (Wildman–Crippen LogP) is 1.06. The van der Waals surface area contributed by atoms with Crippen molar-refractivity contribution in [2.45, 2.75) is 6.42 Å². The third-order valence-corrected chi connectivity index (χ3v) is 2.72. The van der Waals surface area contributed by atoms with E-state index in [1.807, 2.05) is 0 Å². The van der Waals surface area contributed by atoms with E-state index in [2.05, 4.69) is 15.5 Å². The second kappa shape index (κ2) is 5.57. The van der Waals surface area contributed by atoms with Crippen molar-refractivity contribution in [2.24, 2.45) is 5.73 Å². The topological polar surface area (TPSA) is 120 Å². The van der Waals surface area contributed by atoms with E-state index in [9.17, 15) is 4.79 Å². The smallest absolute Gasteiger partial charge is 0.250 e. The zero-order valence-electron chi connectivity index (χ0n) is 9.89. The number of aromatic nitrogens is 2. The fraction of sp³-hybridized carbons (Fsp3) is 0.182. The van der Waals surface area contributed by atoms with E-state index in [1.165, 1.54) is 12.4 Å². The zero-order valence-corrected chi connectivity index (χ0v) is 10.6. The summed E-state index contributed by atoms with van der Waals surface area (Å²) in [6.45, 7) is 0.464. The summed E-state index contributed by atoms with van der Waals surface area (Å²) in [6.07, 6.45) is 1.82. The number of halogens is 1. The number of nitrogens with one attached hydrogen (secondary N) is 1. The summed E-state index contributed by atoms with van der Waals surface area (Å²) in [5, 5.41) is 6.84. The first kappa shape index (κ1) is 13.2. The molecule has 0 atom stereocenters. The average molecular weight is 282 g/mol. The third-order valence-electron chi connectivity index (χ3n) is 2.43. The Bertz CT molecular complexity index is 585. The molecule has 0 bridgehead atoms. The lowest BCUT2D eigenvalue weighted by Crippen LogP contribution is -2.16. The minimum atomic E-state index is -0.602. The molecule has 0 aliphatic carbocycles. The predicted molar refractivity (Wildman–Crippen MR) is 70.9 cm³/mol. The summed E-state index contributed by atoms with van der Waals surface area (Å²) in [5.41, 5.74) is 12.0. The van der Waals surface area contributed by atoms with Crippen LogP contribution >= 0.6 is 11.6 Å². The average Bonchev–Trinajstić information content (AvgIpc) is 2.84. The number of hydrogen-bond donors (Lipinski definition) is 3. The van der Waals surface area contributed by atoms with Gasteiger partial charge in [-0.3, -0.25) is 4.79 Å². The van der Waals surface area contributed by atoms with Gasteiger partial charge in [0.25, 0.3) is 5.91 Å². The molecule has 2 aromatic rings. The van der Waals surface area contributed by atoms with Crippen molar-refractivity contribution >= 4 is 28.9 Å². The van der Waals surface area contributed by atoms with E-state index in [1.54, 1.807) is 6.07 Å². The molecule has 5 N–H and O–H groups in total. The lowest BCUT2D eigenvalue weighted by atomic mass is 10.1. The van der Waals surface area contributed by atoms with Gasteiger partial charge in [-0.05, 0) is 12.1 Å². The third kappa shape index (κ3) is 3.14. The van der Waals surface area contributed by atoms with E-state index in [-0.39, 0.29) is 5.56 Å². The van der Waals surface area contributed by atoms with Gasteiger partial charge in [-0.2, -0.15) is 4.98 Å². The number of hydrogen-bond acceptors (Lipinski definition) is 6. The van der Waals surface area contributed by atoms with Crippen LogP contribution in [0.1, 0.15) is 16.2 Å². The molecule has 0 radical (unpaired) electrons. The molecular weight excluding hydrogens is 270 g/mol. The SMILES string of the molecule is NC(=O)c1cc(N)cc(Cl)c1NCCc1ncno1. The van der Waals surface area contributed by atoms with Gasteiger partial charge in [0.2, 0.25) is 5.89 Å². The lowest BCUT2D eigenvalue weighted by Gasteiger charge is -2.12. The van der Waals surface area contributed by atoms with Crippen LogP contribution in [0.2, 0.25) is 5.02 Å². The summed E-state index contributed by atoms with van der Waals surface area (Å²) in [6, 6.07) is 3.02. The molecule has 0 spiro atoms. The molecule has 100 valence electrons. The van der Waals surface area contributed by atoms with Gasteiger partial charge in [-0.25, -0.2) is 0 Å². The fourth-order valence-electron chi connectivity index (χ4n) is 1.60. The van der Waals surface area contributed by atoms with Crippen LogP contribution < -0.4 is 16.8 Å². The minimum Gasteiger partial charge on any atom is -0.399 e. The van der Waals surface area contributed by atoms with E-state index < -0.39 is 5.91 Å². The number of nitrogens with zero attached hydrogens (tertiary/aromatic N) is 2. The summed E-state index contributed by atoms with van der Waals surface area (Å²) < 4.78 is 4.85. The number of carbonyl (C=O) groups is 1. The Kier molecular flexibility index (Phi) is 3.86. The van der Waals surface area contributed by atoms with Crippen LogP contribution in [0.3, 0.4) is 0 Å². The molecule has 1 aromatic carbocycles. The number of benzene rings is 1. The van der Waals surface area contributed by atoms with Crippen LogP contribution in [0, 0.1) is 0 Å². The van der Waals surface area contributed by atoms with Crippen LogP contribution in [0.25, 0.3) is 0 Å². The Morgan fingerprint density at radius 3 is 2.89 bits per heavy atom. The lowest BCUT2D eigenvalue weighted by molar-refractivity contribution is 0.100. The first-order chi connectivity index (χ1) is 9.08. The van der Waals surface area contributed by atoms with E-state index in [0.29, 0.717) is 35.3 Å². The standard InChI is InChI=1S/C11H12ClN5O2/c12-8-4-6(13)3-7(11(14)18)10(8)15-2-1-9-16-5-17-19-9/h3-5,15H,1-2,13H2,(H2,14,18). The Hall–Kier alpha value is -2.28. The van der Waals surface area contributed by atoms with Gasteiger partial charge in [0, 0.05) is 18.7 Å². The van der Waals surface area contributed by atoms with Crippen LogP contribution in [0.15, 0.2) is 23.0 Å². The summed E-state index contributed by atoms with van der Waals surface area (Å²) in [4.78, 5) is 15.2. The van der Waals surface area contributed by atoms with E-state index in [0.717, 1.165) is 0 Å². The highest BCUT2D eigenvalue weighted by molar-refractivity contribution is 6.34. The number of rotatable bonds is 5. The zero-order chi connectivity index (χ0) is 13.8. The number of nitrogens with two attached hydrogens (primary N) is 2. The van der Waals surface area contributed by atoms with Crippen molar-refractivity contribution < 1.29 is 9.32 Å². The van der Waals surface area contributed by atoms with Gasteiger partial charge in [0.15, 0.2) is 6.33 Å². The number of anilines is 2. The van der Waals surface area contributed by atoms with Crippen molar-refractivity contribution in [1.82, 2.24) is 10.1 Å². The Labute approximate surface area is 113 Å². The maximum Gasteiger partial charge on any atom is 0.250 e. The van der Waals surface area contributed by atoms with Crippen LogP contribution in [0.5, 0.6) is 0 Å². The van der Waals surface area contributed by atoms with Gasteiger partial charge in [-0.1, -0.05) is 16.8 Å². The highest BCUT2D eigenvalue weighted by Crippen LogP contribution is 2.28. The van der Waals surface area contributed by atoms with Crippen molar-refractivity contribution in [3.8, 4) is 0 Å². The molecule has 19 heavy (non-hydrogen) atoms. The van der Waals surface area contributed by atoms with Crippen molar-refractivity contribution in [1.29, 1.82) is 0 Å². The second-order valence-electron chi connectivity index (χ2n) is 3.80. The molecule has 1 heterocycles. The molecule has 2 rings (SSSR count). The van der Waals surface area contributed by atoms with Gasteiger partial charge in [-0.15, -0.1) is 0 Å². The van der Waals surface area contributed by atoms with Crippen LogP contribution in [-0.4, -0.2) is 22.6 Å². The van der Waals surface area contributed by atoms with Crippen LogP contribution in [-0.2, 0) is 6.42 Å². The van der Waals surface area contributed by atoms with Gasteiger partial charge < -0.3 is 21.3 Å².